The maximum atomic E-state index is 12.4. The van der Waals surface area contributed by atoms with Crippen molar-refractivity contribution in [1.29, 1.82) is 0 Å². The molecule has 0 aliphatic rings. The molecular weight excluding hydrogens is 432 g/mol. The van der Waals surface area contributed by atoms with Gasteiger partial charge < -0.3 is 42.1 Å². The van der Waals surface area contributed by atoms with Crippen molar-refractivity contribution >= 4 is 35.6 Å². The average Bonchev–Trinajstić information content (AvgIpc) is 2.67. The molecule has 32 heavy (non-hydrogen) atoms. The summed E-state index contributed by atoms with van der Waals surface area (Å²) >= 11 is 0. The Hall–Kier alpha value is -3.26. The first-order valence-electron chi connectivity index (χ1n) is 9.72. The predicted molar refractivity (Wildman–Crippen MR) is 107 cm³/mol. The molecule has 0 aliphatic carbocycles. The quantitative estimate of drug-likeness (QED) is 0.124. The summed E-state index contributed by atoms with van der Waals surface area (Å²) in [5.74, 6) is -7.25. The van der Waals surface area contributed by atoms with Crippen LogP contribution in [0, 0.1) is 5.92 Å². The lowest BCUT2D eigenvalue weighted by molar-refractivity contribution is -0.144. The number of carboxylic acids is 3. The zero-order valence-corrected chi connectivity index (χ0v) is 17.7. The number of aliphatic hydroxyl groups is 1. The van der Waals surface area contributed by atoms with E-state index in [0.29, 0.717) is 0 Å². The fraction of sp³-hybridized carbons (Fsp3) is 0.667. The zero-order valence-electron chi connectivity index (χ0n) is 17.7. The Balaban J connectivity index is 5.25. The van der Waals surface area contributed by atoms with E-state index < -0.39 is 79.2 Å². The highest BCUT2D eigenvalue weighted by Gasteiger charge is 2.31. The Bertz CT molecular complexity index is 712. The lowest BCUT2D eigenvalue weighted by Gasteiger charge is -2.24. The molecule has 9 N–H and O–H groups in total. The van der Waals surface area contributed by atoms with Crippen LogP contribution in [0.4, 0.5) is 0 Å². The summed E-state index contributed by atoms with van der Waals surface area (Å²) in [7, 11) is 0. The lowest BCUT2D eigenvalue weighted by Crippen LogP contribution is -2.58. The van der Waals surface area contributed by atoms with Gasteiger partial charge in [-0.25, -0.2) is 4.79 Å². The van der Waals surface area contributed by atoms with E-state index in [-0.39, 0.29) is 18.8 Å². The van der Waals surface area contributed by atoms with Gasteiger partial charge in [-0.1, -0.05) is 13.8 Å². The van der Waals surface area contributed by atoms with E-state index in [1.807, 2.05) is 0 Å². The summed E-state index contributed by atoms with van der Waals surface area (Å²) in [6, 6.07) is -5.93. The topological polar surface area (TPSA) is 245 Å². The largest absolute Gasteiger partial charge is 0.481 e. The van der Waals surface area contributed by atoms with E-state index in [0.717, 1.165) is 0 Å². The molecule has 4 atom stereocenters. The molecule has 0 heterocycles. The molecule has 4 unspecified atom stereocenters. The van der Waals surface area contributed by atoms with Gasteiger partial charge in [0.15, 0.2) is 0 Å². The number of rotatable bonds is 15. The first-order chi connectivity index (χ1) is 14.8. The SMILES string of the molecule is CC(C)CC(NC(=O)C(CC(=O)O)NC(=O)C(CO)NC(=O)C(N)CCC(=O)O)C(=O)O. The molecule has 0 aromatic carbocycles. The van der Waals surface area contributed by atoms with E-state index in [1.165, 1.54) is 0 Å². The molecule has 0 spiro atoms. The first kappa shape index (κ1) is 28.7. The first-order valence-corrected chi connectivity index (χ1v) is 9.72. The number of nitrogens with two attached hydrogens (primary N) is 1. The molecule has 0 radical (unpaired) electrons. The number of hydrogen-bond acceptors (Lipinski definition) is 8. The van der Waals surface area contributed by atoms with Gasteiger partial charge in [-0.05, 0) is 18.8 Å². The second-order valence-electron chi connectivity index (χ2n) is 7.47. The third-order valence-corrected chi connectivity index (χ3v) is 4.15. The minimum absolute atomic E-state index is 0.0539. The van der Waals surface area contributed by atoms with Gasteiger partial charge in [-0.2, -0.15) is 0 Å². The normalized spacial score (nSPS) is 14.5. The van der Waals surface area contributed by atoms with Gasteiger partial charge in [-0.3, -0.25) is 24.0 Å². The van der Waals surface area contributed by atoms with Crippen molar-refractivity contribution in [2.24, 2.45) is 11.7 Å². The van der Waals surface area contributed by atoms with Crippen LogP contribution in [0.2, 0.25) is 0 Å². The molecule has 14 heteroatoms. The summed E-state index contributed by atoms with van der Waals surface area (Å²) in [6.45, 7) is 2.50. The predicted octanol–water partition coefficient (Wildman–Crippen LogP) is -2.77. The summed E-state index contributed by atoms with van der Waals surface area (Å²) < 4.78 is 0. The molecule has 14 nitrogen and oxygen atoms in total. The second kappa shape index (κ2) is 13.9. The highest BCUT2D eigenvalue weighted by atomic mass is 16.4. The summed E-state index contributed by atoms with van der Waals surface area (Å²) in [6.07, 6.45) is -1.49. The molecule has 0 aromatic rings. The number of hydrogen-bond donors (Lipinski definition) is 8. The Labute approximate surface area is 183 Å². The van der Waals surface area contributed by atoms with Crippen LogP contribution in [-0.2, 0) is 28.8 Å². The fourth-order valence-electron chi connectivity index (χ4n) is 2.50. The average molecular weight is 462 g/mol. The number of carbonyl (C=O) groups is 6. The number of aliphatic hydroxyl groups excluding tert-OH is 1. The van der Waals surface area contributed by atoms with E-state index in [4.69, 9.17) is 15.9 Å². The maximum absolute atomic E-state index is 12.4. The van der Waals surface area contributed by atoms with Crippen LogP contribution in [0.25, 0.3) is 0 Å². The molecule has 0 bridgehead atoms. The zero-order chi connectivity index (χ0) is 25.0. The van der Waals surface area contributed by atoms with Crippen LogP contribution in [-0.4, -0.2) is 86.8 Å². The van der Waals surface area contributed by atoms with Crippen molar-refractivity contribution in [3.63, 3.8) is 0 Å². The van der Waals surface area contributed by atoms with Crippen molar-refractivity contribution in [2.75, 3.05) is 6.61 Å². The Morgan fingerprint density at radius 3 is 1.72 bits per heavy atom. The smallest absolute Gasteiger partial charge is 0.326 e. The number of carbonyl (C=O) groups excluding carboxylic acids is 3. The minimum Gasteiger partial charge on any atom is -0.481 e. The molecular formula is C18H30N4O10. The van der Waals surface area contributed by atoms with Crippen molar-refractivity contribution in [2.45, 2.75) is 63.7 Å². The molecule has 0 aliphatic heterocycles. The van der Waals surface area contributed by atoms with Gasteiger partial charge in [0.25, 0.3) is 0 Å². The number of amides is 3. The number of nitrogens with one attached hydrogen (secondary N) is 3. The van der Waals surface area contributed by atoms with Crippen LogP contribution in [0.5, 0.6) is 0 Å². The van der Waals surface area contributed by atoms with Crippen molar-refractivity contribution < 1.29 is 49.2 Å². The third-order valence-electron chi connectivity index (χ3n) is 4.15. The molecule has 182 valence electrons. The number of carboxylic acid groups (broad SMARTS) is 3. The van der Waals surface area contributed by atoms with Crippen LogP contribution >= 0.6 is 0 Å². The van der Waals surface area contributed by atoms with E-state index in [2.05, 4.69) is 16.0 Å². The minimum atomic E-state index is -1.69. The van der Waals surface area contributed by atoms with Crippen LogP contribution in [0.1, 0.15) is 39.5 Å². The second-order valence-corrected chi connectivity index (χ2v) is 7.47. The van der Waals surface area contributed by atoms with E-state index in [1.54, 1.807) is 13.8 Å². The van der Waals surface area contributed by atoms with Gasteiger partial charge in [0.2, 0.25) is 17.7 Å². The highest BCUT2D eigenvalue weighted by Crippen LogP contribution is 2.06. The lowest BCUT2D eigenvalue weighted by atomic mass is 10.0. The summed E-state index contributed by atoms with van der Waals surface area (Å²) in [5, 5.41) is 42.5. The Morgan fingerprint density at radius 2 is 1.28 bits per heavy atom. The van der Waals surface area contributed by atoms with E-state index in [9.17, 15) is 39.0 Å². The monoisotopic (exact) mass is 462 g/mol. The summed E-state index contributed by atoms with van der Waals surface area (Å²) in [4.78, 5) is 69.8. The van der Waals surface area contributed by atoms with Gasteiger partial charge in [0, 0.05) is 6.42 Å². The third kappa shape index (κ3) is 11.2. The van der Waals surface area contributed by atoms with Crippen molar-refractivity contribution in [3.05, 3.63) is 0 Å². The van der Waals surface area contributed by atoms with Gasteiger partial charge in [0.1, 0.15) is 18.1 Å². The summed E-state index contributed by atoms with van der Waals surface area (Å²) in [5.41, 5.74) is 5.52. The molecule has 0 saturated heterocycles. The Morgan fingerprint density at radius 1 is 0.781 bits per heavy atom. The van der Waals surface area contributed by atoms with E-state index >= 15 is 0 Å². The standard InChI is InChI=1S/C18H30N4O10/c1-8(2)5-11(18(31)32)21-16(29)10(6-14(26)27)20-17(30)12(7-23)22-15(28)9(19)3-4-13(24)25/h8-12,23H,3-7,19H2,1-2H3,(H,20,30)(H,21,29)(H,22,28)(H,24,25)(H,26,27)(H,31,32). The molecule has 3 amide bonds. The van der Waals surface area contributed by atoms with Crippen molar-refractivity contribution in [3.8, 4) is 0 Å². The highest BCUT2D eigenvalue weighted by molar-refractivity contribution is 5.95. The van der Waals surface area contributed by atoms with Crippen LogP contribution in [0.15, 0.2) is 0 Å². The molecule has 0 aromatic heterocycles. The Kier molecular flexibility index (Phi) is 12.5. The van der Waals surface area contributed by atoms with Gasteiger partial charge >= 0.3 is 17.9 Å². The fourth-order valence-corrected chi connectivity index (χ4v) is 2.50. The van der Waals surface area contributed by atoms with Crippen LogP contribution in [0.3, 0.4) is 0 Å². The number of aliphatic carboxylic acids is 3. The van der Waals surface area contributed by atoms with Gasteiger partial charge in [-0.15, -0.1) is 0 Å². The molecule has 0 rings (SSSR count). The van der Waals surface area contributed by atoms with Crippen molar-refractivity contribution in [1.82, 2.24) is 16.0 Å². The van der Waals surface area contributed by atoms with Gasteiger partial charge in [0.05, 0.1) is 19.1 Å². The molecule has 0 saturated carbocycles. The molecule has 0 fully saturated rings. The maximum Gasteiger partial charge on any atom is 0.326 e. The van der Waals surface area contributed by atoms with Crippen LogP contribution < -0.4 is 21.7 Å².